The van der Waals surface area contributed by atoms with Crippen LogP contribution in [0.25, 0.3) is 28.5 Å². The van der Waals surface area contributed by atoms with Crippen molar-refractivity contribution in [1.82, 2.24) is 14.6 Å². The maximum absolute atomic E-state index is 12.9. The quantitative estimate of drug-likeness (QED) is 0.489. The largest absolute Gasteiger partial charge is 0.491 e. The summed E-state index contributed by atoms with van der Waals surface area (Å²) in [6, 6.07) is 15.4. The lowest BCUT2D eigenvalue weighted by Gasteiger charge is -2.22. The van der Waals surface area contributed by atoms with Gasteiger partial charge in [0.2, 0.25) is 4.96 Å². The van der Waals surface area contributed by atoms with Gasteiger partial charge in [-0.05, 0) is 68.8 Å². The number of ether oxygens (including phenoxy) is 2. The zero-order valence-corrected chi connectivity index (χ0v) is 18.2. The average molecular weight is 432 g/mol. The van der Waals surface area contributed by atoms with Gasteiger partial charge >= 0.3 is 0 Å². The van der Waals surface area contributed by atoms with Crippen LogP contribution in [0.2, 0.25) is 0 Å². The van der Waals surface area contributed by atoms with Crippen molar-refractivity contribution >= 4 is 28.4 Å². The fourth-order valence-electron chi connectivity index (χ4n) is 3.48. The van der Waals surface area contributed by atoms with Crippen LogP contribution < -0.4 is 19.6 Å². The Morgan fingerprint density at radius 3 is 2.68 bits per heavy atom. The molecule has 4 aromatic rings. The molecule has 0 N–H and O–H groups in total. The molecule has 0 bridgehead atoms. The van der Waals surface area contributed by atoms with E-state index in [9.17, 15) is 4.79 Å². The summed E-state index contributed by atoms with van der Waals surface area (Å²) in [4.78, 5) is 18.1. The summed E-state index contributed by atoms with van der Waals surface area (Å²) in [7, 11) is 0. The van der Waals surface area contributed by atoms with Crippen molar-refractivity contribution in [2.45, 2.75) is 33.0 Å². The van der Waals surface area contributed by atoms with Crippen molar-refractivity contribution in [3.63, 3.8) is 0 Å². The molecule has 2 aromatic heterocycles. The Hall–Kier alpha value is -3.45. The van der Waals surface area contributed by atoms with E-state index in [0.717, 1.165) is 28.2 Å². The summed E-state index contributed by atoms with van der Waals surface area (Å²) >= 11 is 1.33. The van der Waals surface area contributed by atoms with Crippen molar-refractivity contribution < 1.29 is 9.47 Å². The molecular formula is C24H21N3O3S. The number of fused-ring (bicyclic) bond motifs is 2. The lowest BCUT2D eigenvalue weighted by atomic mass is 10.0. The lowest BCUT2D eigenvalue weighted by molar-refractivity contribution is 0.242. The third kappa shape index (κ3) is 3.72. The molecule has 0 unspecified atom stereocenters. The molecule has 1 aliphatic rings. The van der Waals surface area contributed by atoms with Crippen LogP contribution in [-0.2, 0) is 0 Å². The van der Waals surface area contributed by atoms with Crippen LogP contribution in [0.3, 0.4) is 0 Å². The van der Waals surface area contributed by atoms with Gasteiger partial charge in [-0.25, -0.2) is 0 Å². The van der Waals surface area contributed by atoms with Crippen molar-refractivity contribution in [1.29, 1.82) is 0 Å². The minimum absolute atomic E-state index is 0.112. The Balaban J connectivity index is 1.49. The normalized spacial score (nSPS) is 16.3. The van der Waals surface area contributed by atoms with Gasteiger partial charge in [0.15, 0.2) is 5.82 Å². The average Bonchev–Trinajstić information content (AvgIpc) is 3.28. The third-order valence-electron chi connectivity index (χ3n) is 4.98. The molecule has 2 aromatic carbocycles. The first-order valence-electron chi connectivity index (χ1n) is 10.1. The maximum Gasteiger partial charge on any atom is 0.291 e. The molecule has 0 saturated heterocycles. The molecule has 6 nitrogen and oxygen atoms in total. The molecule has 0 amide bonds. The van der Waals surface area contributed by atoms with Crippen molar-refractivity contribution in [3.8, 4) is 22.9 Å². The Morgan fingerprint density at radius 2 is 1.94 bits per heavy atom. The first-order chi connectivity index (χ1) is 15.0. The summed E-state index contributed by atoms with van der Waals surface area (Å²) in [5, 5.41) is 4.43. The molecule has 0 saturated carbocycles. The number of hydrogen-bond acceptors (Lipinski definition) is 6. The van der Waals surface area contributed by atoms with E-state index in [1.807, 2.05) is 75.4 Å². The third-order valence-corrected chi connectivity index (χ3v) is 5.94. The number of nitrogens with zero attached hydrogens (tertiary/aromatic N) is 3. The molecule has 156 valence electrons. The van der Waals surface area contributed by atoms with Crippen molar-refractivity contribution in [2.75, 3.05) is 0 Å². The second-order valence-electron chi connectivity index (χ2n) is 7.68. The van der Waals surface area contributed by atoms with Gasteiger partial charge in [0.05, 0.1) is 10.6 Å². The van der Waals surface area contributed by atoms with E-state index in [1.54, 1.807) is 0 Å². The monoisotopic (exact) mass is 431 g/mol. The molecule has 0 radical (unpaired) electrons. The van der Waals surface area contributed by atoms with E-state index in [-0.39, 0.29) is 17.8 Å². The second kappa shape index (κ2) is 7.67. The maximum atomic E-state index is 12.9. The van der Waals surface area contributed by atoms with Gasteiger partial charge in [-0.15, -0.1) is 5.10 Å². The van der Waals surface area contributed by atoms with Crippen LogP contribution in [0.5, 0.6) is 11.5 Å². The Kier molecular flexibility index (Phi) is 4.82. The van der Waals surface area contributed by atoms with Gasteiger partial charge in [0.1, 0.15) is 17.6 Å². The predicted molar refractivity (Wildman–Crippen MR) is 123 cm³/mol. The summed E-state index contributed by atoms with van der Waals surface area (Å²) in [5.41, 5.74) is 2.61. The molecule has 3 heterocycles. The molecule has 0 aliphatic carbocycles. The number of thiazole rings is 1. The van der Waals surface area contributed by atoms with Gasteiger partial charge in [-0.3, -0.25) is 4.79 Å². The van der Waals surface area contributed by atoms with Crippen LogP contribution in [-0.4, -0.2) is 26.8 Å². The Morgan fingerprint density at radius 1 is 1.16 bits per heavy atom. The van der Waals surface area contributed by atoms with Gasteiger partial charge in [0, 0.05) is 11.1 Å². The van der Waals surface area contributed by atoms with Crippen molar-refractivity contribution in [2.24, 2.45) is 0 Å². The van der Waals surface area contributed by atoms with Crippen LogP contribution >= 0.6 is 11.3 Å². The number of hydrogen-bond donors (Lipinski definition) is 0. The minimum Gasteiger partial charge on any atom is -0.491 e. The minimum atomic E-state index is -0.175. The Labute approximate surface area is 183 Å². The van der Waals surface area contributed by atoms with E-state index >= 15 is 0 Å². The standard InChI is InChI=1S/C24H21N3O3S/c1-14(2)29-19-10-8-16(9-11-19)22-25-24-27(26-22)23(28)21(31-24)13-18-12-17-6-4-5-7-20(17)30-15(18)3/h4-15H,1-3H3/b21-13-/t15-/m1/s1. The zero-order chi connectivity index (χ0) is 21.5. The van der Waals surface area contributed by atoms with Crippen LogP contribution in [0.15, 0.2) is 58.9 Å². The van der Waals surface area contributed by atoms with Crippen LogP contribution in [0.1, 0.15) is 26.3 Å². The lowest BCUT2D eigenvalue weighted by Crippen LogP contribution is -2.26. The van der Waals surface area contributed by atoms with E-state index in [1.165, 1.54) is 15.9 Å². The van der Waals surface area contributed by atoms with Crippen LogP contribution in [0.4, 0.5) is 0 Å². The molecule has 31 heavy (non-hydrogen) atoms. The predicted octanol–water partition coefficient (Wildman–Crippen LogP) is 3.97. The number of aromatic nitrogens is 3. The fourth-order valence-corrected chi connectivity index (χ4v) is 4.39. The second-order valence-corrected chi connectivity index (χ2v) is 8.69. The highest BCUT2D eigenvalue weighted by molar-refractivity contribution is 7.15. The SMILES string of the molecule is CC(C)Oc1ccc(-c2nc3s/c(=C\C4=Cc5ccccc5O[C@@H]4C)c(=O)n3n2)cc1. The number of rotatable bonds is 4. The Bertz CT molecular complexity index is 1400. The first-order valence-corrected chi connectivity index (χ1v) is 11.0. The molecule has 0 spiro atoms. The highest BCUT2D eigenvalue weighted by Crippen LogP contribution is 2.29. The summed E-state index contributed by atoms with van der Waals surface area (Å²) in [6.45, 7) is 5.95. The van der Waals surface area contributed by atoms with Gasteiger partial charge in [0.25, 0.3) is 5.56 Å². The van der Waals surface area contributed by atoms with Gasteiger partial charge in [-0.1, -0.05) is 29.5 Å². The van der Waals surface area contributed by atoms with Gasteiger partial charge < -0.3 is 9.47 Å². The zero-order valence-electron chi connectivity index (χ0n) is 17.4. The van der Waals surface area contributed by atoms with Gasteiger partial charge in [-0.2, -0.15) is 9.50 Å². The summed E-state index contributed by atoms with van der Waals surface area (Å²) in [6.07, 6.45) is 3.91. The smallest absolute Gasteiger partial charge is 0.291 e. The van der Waals surface area contributed by atoms with E-state index < -0.39 is 0 Å². The highest BCUT2D eigenvalue weighted by atomic mass is 32.1. The van der Waals surface area contributed by atoms with Crippen LogP contribution in [0, 0.1) is 0 Å². The molecule has 1 atom stereocenters. The van der Waals surface area contributed by atoms with E-state index in [4.69, 9.17) is 9.47 Å². The van der Waals surface area contributed by atoms with Crippen molar-refractivity contribution in [3.05, 3.63) is 74.6 Å². The molecule has 7 heteroatoms. The molecule has 0 fully saturated rings. The highest BCUT2D eigenvalue weighted by Gasteiger charge is 2.18. The molecular weight excluding hydrogens is 410 g/mol. The summed E-state index contributed by atoms with van der Waals surface area (Å²) < 4.78 is 13.6. The fraction of sp³-hybridized carbons (Fsp3) is 0.208. The number of benzene rings is 2. The summed E-state index contributed by atoms with van der Waals surface area (Å²) in [5.74, 6) is 2.17. The first kappa shape index (κ1) is 19.5. The molecule has 5 rings (SSSR count). The van der Waals surface area contributed by atoms with E-state index in [2.05, 4.69) is 16.2 Å². The topological polar surface area (TPSA) is 65.7 Å². The molecule has 1 aliphatic heterocycles. The van der Waals surface area contributed by atoms with E-state index in [0.29, 0.717) is 15.3 Å². The number of para-hydroxylation sites is 1.